The number of hydrogen-bond acceptors (Lipinski definition) is 0. The monoisotopic (exact) mass is 196 g/mol. The van der Waals surface area contributed by atoms with E-state index in [1.165, 1.54) is 19.3 Å². The molecule has 72 valence electrons. The molecule has 0 aromatic heterocycles. The van der Waals surface area contributed by atoms with Gasteiger partial charge in [-0.25, -0.2) is 0 Å². The summed E-state index contributed by atoms with van der Waals surface area (Å²) in [6.07, 6.45) is 11.5. The molecule has 0 N–H and O–H groups in total. The van der Waals surface area contributed by atoms with E-state index in [0.717, 1.165) is 25.1 Å². The van der Waals surface area contributed by atoms with E-state index >= 15 is 0 Å². The lowest BCUT2D eigenvalue weighted by atomic mass is 9.96. The Balaban J connectivity index is 2.14. The number of unbranched alkanes of at least 4 members (excludes halogenated alkanes) is 2. The Hall–Kier alpha value is -0.410. The van der Waals surface area contributed by atoms with E-state index in [4.69, 9.17) is 11.6 Å². The maximum absolute atomic E-state index is 5.57. The van der Waals surface area contributed by atoms with Crippen LogP contribution in [0, 0.1) is 17.8 Å². The fraction of sp³-hybridized carbons (Fsp3) is 0.667. The lowest BCUT2D eigenvalue weighted by molar-refractivity contribution is 0.644. The summed E-state index contributed by atoms with van der Waals surface area (Å²) in [4.78, 5) is 0. The van der Waals surface area contributed by atoms with Crippen LogP contribution < -0.4 is 0 Å². The van der Waals surface area contributed by atoms with Gasteiger partial charge in [-0.3, -0.25) is 0 Å². The molecule has 1 unspecified atom stereocenters. The molecule has 0 saturated heterocycles. The predicted molar refractivity (Wildman–Crippen MR) is 58.8 cm³/mol. The number of hydrogen-bond donors (Lipinski definition) is 0. The summed E-state index contributed by atoms with van der Waals surface area (Å²) in [5.41, 5.74) is 0. The van der Waals surface area contributed by atoms with Gasteiger partial charge in [-0.15, -0.1) is 17.5 Å². The van der Waals surface area contributed by atoms with Gasteiger partial charge in [0, 0.05) is 18.2 Å². The molecule has 1 rings (SSSR count). The first-order chi connectivity index (χ1) is 6.43. The summed E-state index contributed by atoms with van der Waals surface area (Å²) in [5, 5.41) is 0. The van der Waals surface area contributed by atoms with Crippen molar-refractivity contribution in [2.75, 3.05) is 5.88 Å². The molecule has 1 heteroatoms. The van der Waals surface area contributed by atoms with Gasteiger partial charge < -0.3 is 0 Å². The maximum Gasteiger partial charge on any atom is 0.0382 e. The van der Waals surface area contributed by atoms with Crippen LogP contribution in [0.1, 0.15) is 38.5 Å². The summed E-state index contributed by atoms with van der Waals surface area (Å²) in [6.45, 7) is 0. The first-order valence-corrected chi connectivity index (χ1v) is 5.68. The van der Waals surface area contributed by atoms with Gasteiger partial charge in [-0.1, -0.05) is 18.1 Å². The SMILES string of the molecule is ClCCCCC#CC1C=CCCC1. The molecule has 0 aromatic carbocycles. The second-order valence-electron chi connectivity index (χ2n) is 3.43. The average molecular weight is 197 g/mol. The van der Waals surface area contributed by atoms with Crippen molar-refractivity contribution in [1.29, 1.82) is 0 Å². The van der Waals surface area contributed by atoms with E-state index in [-0.39, 0.29) is 0 Å². The topological polar surface area (TPSA) is 0 Å². The van der Waals surface area contributed by atoms with E-state index in [1.807, 2.05) is 0 Å². The zero-order valence-electron chi connectivity index (χ0n) is 8.06. The van der Waals surface area contributed by atoms with Crippen LogP contribution in [0.3, 0.4) is 0 Å². The first kappa shape index (κ1) is 10.7. The molecule has 13 heavy (non-hydrogen) atoms. The van der Waals surface area contributed by atoms with Gasteiger partial charge in [-0.2, -0.15) is 0 Å². The van der Waals surface area contributed by atoms with Crippen LogP contribution in [0.4, 0.5) is 0 Å². The normalized spacial score (nSPS) is 20.8. The Morgan fingerprint density at radius 3 is 3.00 bits per heavy atom. The van der Waals surface area contributed by atoms with Crippen molar-refractivity contribution in [2.45, 2.75) is 38.5 Å². The molecule has 0 amide bonds. The van der Waals surface area contributed by atoms with E-state index < -0.39 is 0 Å². The summed E-state index contributed by atoms with van der Waals surface area (Å²) in [7, 11) is 0. The van der Waals surface area contributed by atoms with Gasteiger partial charge in [0.05, 0.1) is 0 Å². The maximum atomic E-state index is 5.57. The third-order valence-corrected chi connectivity index (χ3v) is 2.49. The van der Waals surface area contributed by atoms with E-state index in [9.17, 15) is 0 Å². The summed E-state index contributed by atoms with van der Waals surface area (Å²) in [5.74, 6) is 7.83. The van der Waals surface area contributed by atoms with Gasteiger partial charge in [0.1, 0.15) is 0 Å². The Labute approximate surface area is 86.4 Å². The molecule has 1 aliphatic rings. The predicted octanol–water partition coefficient (Wildman–Crippen LogP) is 3.76. The second-order valence-corrected chi connectivity index (χ2v) is 3.81. The number of allylic oxidation sites excluding steroid dienone is 2. The summed E-state index contributed by atoms with van der Waals surface area (Å²) >= 11 is 5.57. The molecule has 0 heterocycles. The van der Waals surface area contributed by atoms with Gasteiger partial charge in [0.15, 0.2) is 0 Å². The Morgan fingerprint density at radius 1 is 1.38 bits per heavy atom. The van der Waals surface area contributed by atoms with Crippen molar-refractivity contribution in [3.8, 4) is 11.8 Å². The highest BCUT2D eigenvalue weighted by Gasteiger charge is 2.02. The lowest BCUT2D eigenvalue weighted by Crippen LogP contribution is -1.96. The van der Waals surface area contributed by atoms with Crippen LogP contribution in [0.5, 0.6) is 0 Å². The van der Waals surface area contributed by atoms with Crippen LogP contribution in [0.25, 0.3) is 0 Å². The summed E-state index contributed by atoms with van der Waals surface area (Å²) in [6, 6.07) is 0. The van der Waals surface area contributed by atoms with Crippen molar-refractivity contribution >= 4 is 11.6 Å². The van der Waals surface area contributed by atoms with E-state index in [2.05, 4.69) is 24.0 Å². The van der Waals surface area contributed by atoms with Gasteiger partial charge in [-0.05, 0) is 32.1 Å². The van der Waals surface area contributed by atoms with Crippen LogP contribution in [0.15, 0.2) is 12.2 Å². The second kappa shape index (κ2) is 7.04. The first-order valence-electron chi connectivity index (χ1n) is 5.14. The third-order valence-electron chi connectivity index (χ3n) is 2.23. The van der Waals surface area contributed by atoms with E-state index in [0.29, 0.717) is 5.92 Å². The zero-order valence-corrected chi connectivity index (χ0v) is 8.82. The number of rotatable bonds is 3. The van der Waals surface area contributed by atoms with Crippen LogP contribution >= 0.6 is 11.6 Å². The molecule has 1 atom stereocenters. The largest absolute Gasteiger partial charge is 0.127 e. The molecule has 0 aromatic rings. The molecule has 1 aliphatic carbocycles. The van der Waals surface area contributed by atoms with E-state index in [1.54, 1.807) is 0 Å². The molecule has 0 fully saturated rings. The molecule has 0 saturated carbocycles. The minimum Gasteiger partial charge on any atom is -0.127 e. The molecule has 0 nitrogen and oxygen atoms in total. The highest BCUT2D eigenvalue weighted by atomic mass is 35.5. The zero-order chi connectivity index (χ0) is 9.36. The molecule has 0 bridgehead atoms. The minimum absolute atomic E-state index is 0.532. The Morgan fingerprint density at radius 2 is 2.31 bits per heavy atom. The quantitative estimate of drug-likeness (QED) is 0.279. The van der Waals surface area contributed by atoms with Crippen molar-refractivity contribution in [2.24, 2.45) is 5.92 Å². The highest BCUT2D eigenvalue weighted by Crippen LogP contribution is 2.15. The Bertz CT molecular complexity index is 207. The number of halogens is 1. The fourth-order valence-corrected chi connectivity index (χ4v) is 1.63. The van der Waals surface area contributed by atoms with Crippen LogP contribution in [-0.2, 0) is 0 Å². The molecule has 0 spiro atoms. The van der Waals surface area contributed by atoms with Crippen molar-refractivity contribution in [1.82, 2.24) is 0 Å². The molecular weight excluding hydrogens is 180 g/mol. The van der Waals surface area contributed by atoms with Crippen molar-refractivity contribution < 1.29 is 0 Å². The molecular formula is C12H17Cl. The van der Waals surface area contributed by atoms with Gasteiger partial charge >= 0.3 is 0 Å². The highest BCUT2D eigenvalue weighted by molar-refractivity contribution is 6.17. The van der Waals surface area contributed by atoms with Gasteiger partial charge in [0.25, 0.3) is 0 Å². The molecule has 0 radical (unpaired) electrons. The smallest absolute Gasteiger partial charge is 0.0382 e. The van der Waals surface area contributed by atoms with Crippen molar-refractivity contribution in [3.05, 3.63) is 12.2 Å². The summed E-state index contributed by atoms with van der Waals surface area (Å²) < 4.78 is 0. The van der Waals surface area contributed by atoms with Crippen molar-refractivity contribution in [3.63, 3.8) is 0 Å². The van der Waals surface area contributed by atoms with Crippen LogP contribution in [0.2, 0.25) is 0 Å². The minimum atomic E-state index is 0.532. The third kappa shape index (κ3) is 5.01. The average Bonchev–Trinajstić information content (AvgIpc) is 2.19. The number of alkyl halides is 1. The van der Waals surface area contributed by atoms with Gasteiger partial charge in [0.2, 0.25) is 0 Å². The lowest BCUT2D eigenvalue weighted by Gasteiger charge is -2.08. The fourth-order valence-electron chi connectivity index (χ4n) is 1.44. The standard InChI is InChI=1S/C12H17Cl/c13-11-7-2-1-4-8-12-9-5-3-6-10-12/h5,9,12H,1-3,6-7,10-11H2. The Kier molecular flexibility index (Phi) is 5.78. The molecule has 0 aliphatic heterocycles. The van der Waals surface area contributed by atoms with Crippen LogP contribution in [-0.4, -0.2) is 5.88 Å².